The molecule has 3 N–H and O–H groups in total. The minimum Gasteiger partial charge on any atom is -0.504 e. The second-order valence-electron chi connectivity index (χ2n) is 2.65. The Morgan fingerprint density at radius 1 is 0.929 bits per heavy atom. The van der Waals surface area contributed by atoms with Crippen LogP contribution in [-0.2, 0) is 0 Å². The molecule has 1 aromatic carbocycles. The van der Waals surface area contributed by atoms with Crippen LogP contribution >= 0.6 is 0 Å². The fourth-order valence-corrected chi connectivity index (χ4v) is 1.17. The third-order valence-electron chi connectivity index (χ3n) is 1.82. The van der Waals surface area contributed by atoms with Gasteiger partial charge in [0, 0.05) is 46.2 Å². The van der Waals surface area contributed by atoms with Crippen molar-refractivity contribution in [3.05, 3.63) is 24.3 Å². The van der Waals surface area contributed by atoms with E-state index in [0.29, 0.717) is 10.9 Å². The molecule has 0 aliphatic carbocycles. The molecule has 1 aromatic heterocycles. The second-order valence-corrected chi connectivity index (χ2v) is 2.65. The molecule has 2 rings (SSSR count). The van der Waals surface area contributed by atoms with Gasteiger partial charge in [-0.25, -0.2) is 4.98 Å². The van der Waals surface area contributed by atoms with E-state index in [1.807, 2.05) is 0 Å². The third kappa shape index (κ3) is 1.76. The number of rotatable bonds is 0. The van der Waals surface area contributed by atoms with E-state index < -0.39 is 11.6 Å². The Morgan fingerprint density at radius 3 is 2.29 bits per heavy atom. The Balaban J connectivity index is 0.000000980. The van der Waals surface area contributed by atoms with Crippen molar-refractivity contribution >= 4 is 10.9 Å². The summed E-state index contributed by atoms with van der Waals surface area (Å²) < 4.78 is 0. The van der Waals surface area contributed by atoms with Crippen molar-refractivity contribution in [1.29, 1.82) is 0 Å². The van der Waals surface area contributed by atoms with Crippen LogP contribution in [-0.4, -0.2) is 20.3 Å². The van der Waals surface area contributed by atoms with E-state index in [2.05, 4.69) is 4.98 Å². The first-order chi connectivity index (χ1) is 6.20. The molecule has 70 valence electrons. The molecule has 0 aliphatic rings. The van der Waals surface area contributed by atoms with Crippen molar-refractivity contribution in [3.63, 3.8) is 0 Å². The van der Waals surface area contributed by atoms with Crippen molar-refractivity contribution < 1.29 is 56.2 Å². The molecule has 0 bridgehead atoms. The number of hydrogen-bond acceptors (Lipinski definition) is 4. The molecule has 0 radical (unpaired) electrons. The molecule has 0 spiro atoms. The van der Waals surface area contributed by atoms with Crippen molar-refractivity contribution in [2.45, 2.75) is 0 Å². The van der Waals surface area contributed by atoms with Gasteiger partial charge in [0.15, 0.2) is 5.75 Å². The van der Waals surface area contributed by atoms with Crippen LogP contribution < -0.4 is 0 Å². The van der Waals surface area contributed by atoms with E-state index in [1.54, 1.807) is 24.3 Å². The van der Waals surface area contributed by atoms with E-state index in [9.17, 15) is 5.11 Å². The van der Waals surface area contributed by atoms with Gasteiger partial charge in [-0.05, 0) is 12.1 Å². The Hall–Kier alpha value is -0.619. The largest absolute Gasteiger partial charge is 0.504 e. The summed E-state index contributed by atoms with van der Waals surface area (Å²) in [6, 6.07) is 6.68. The summed E-state index contributed by atoms with van der Waals surface area (Å²) in [6.07, 6.45) is 0. The van der Waals surface area contributed by atoms with E-state index in [0.717, 1.165) is 0 Å². The summed E-state index contributed by atoms with van der Waals surface area (Å²) in [5.41, 5.74) is 0.440. The van der Waals surface area contributed by atoms with E-state index >= 15 is 0 Å². The number of aromatic nitrogens is 1. The number of fused-ring (bicyclic) bond motifs is 1. The van der Waals surface area contributed by atoms with Crippen LogP contribution in [0.3, 0.4) is 0 Å². The molecular weight excluding hydrogens is 314 g/mol. The smallest absolute Gasteiger partial charge is 0.258 e. The van der Waals surface area contributed by atoms with Crippen molar-refractivity contribution in [1.82, 2.24) is 4.98 Å². The van der Waals surface area contributed by atoms with E-state index in [4.69, 9.17) is 10.2 Å². The van der Waals surface area contributed by atoms with Gasteiger partial charge in [0.05, 0.1) is 5.52 Å². The minimum absolute atomic E-state index is 0. The first-order valence-electron chi connectivity index (χ1n) is 3.70. The van der Waals surface area contributed by atoms with Crippen molar-refractivity contribution in [2.75, 3.05) is 0 Å². The molecule has 0 aliphatic heterocycles. The number of aromatic hydroxyl groups is 3. The van der Waals surface area contributed by atoms with Gasteiger partial charge in [0.2, 0.25) is 5.75 Å². The molecule has 0 atom stereocenters. The maximum Gasteiger partial charge on any atom is 0.258 e. The summed E-state index contributed by atoms with van der Waals surface area (Å²) in [5, 5.41) is 28.0. The molecule has 1 heterocycles. The molecule has 0 saturated heterocycles. The molecule has 0 amide bonds. The van der Waals surface area contributed by atoms with Gasteiger partial charge in [-0.2, -0.15) is 0 Å². The Kier molecular flexibility index (Phi) is 3.49. The monoisotopic (exact) mass is 319 g/mol. The maximum atomic E-state index is 9.39. The predicted octanol–water partition coefficient (Wildman–Crippen LogP) is 1.35. The Morgan fingerprint density at radius 2 is 1.57 bits per heavy atom. The van der Waals surface area contributed by atoms with Gasteiger partial charge in [0.1, 0.15) is 0 Å². The average molecular weight is 321 g/mol. The summed E-state index contributed by atoms with van der Waals surface area (Å²) in [4.78, 5) is 3.68. The average Bonchev–Trinajstić information content (AvgIpc) is 2.15. The SMILES string of the molecule is Oc1nc2ccccc2c(O)c1O.[Nd]. The van der Waals surface area contributed by atoms with Crippen LogP contribution in [0.1, 0.15) is 0 Å². The second kappa shape index (κ2) is 4.27. The zero-order chi connectivity index (χ0) is 9.42. The quantitative estimate of drug-likeness (QED) is 0.685. The van der Waals surface area contributed by atoms with Gasteiger partial charge in [-0.1, -0.05) is 12.1 Å². The van der Waals surface area contributed by atoms with Crippen LogP contribution in [0.4, 0.5) is 0 Å². The molecular formula is C9H7NNdO3. The number of hydrogen-bond donors (Lipinski definition) is 3. The van der Waals surface area contributed by atoms with Gasteiger partial charge in [0.25, 0.3) is 5.88 Å². The molecule has 0 unspecified atom stereocenters. The first-order valence-corrected chi connectivity index (χ1v) is 3.70. The predicted molar refractivity (Wildman–Crippen MR) is 46.7 cm³/mol. The standard InChI is InChI=1S/C9H7NO3.Nd/c11-7-5-3-1-2-4-6(5)10-9(13)8(7)12;/h1-4,12H,(H2,10,11,13);. The van der Waals surface area contributed by atoms with Crippen LogP contribution in [0.5, 0.6) is 17.4 Å². The number of benzene rings is 1. The summed E-state index contributed by atoms with van der Waals surface area (Å²) in [7, 11) is 0. The number of pyridine rings is 1. The molecule has 14 heavy (non-hydrogen) atoms. The van der Waals surface area contributed by atoms with Crippen LogP contribution in [0.25, 0.3) is 10.9 Å². The molecule has 2 aromatic rings. The number of para-hydroxylation sites is 1. The van der Waals surface area contributed by atoms with Crippen LogP contribution in [0, 0.1) is 40.8 Å². The summed E-state index contributed by atoms with van der Waals surface area (Å²) >= 11 is 0. The van der Waals surface area contributed by atoms with E-state index in [-0.39, 0.29) is 46.6 Å². The van der Waals surface area contributed by atoms with Crippen molar-refractivity contribution in [2.24, 2.45) is 0 Å². The van der Waals surface area contributed by atoms with Gasteiger partial charge >= 0.3 is 0 Å². The van der Waals surface area contributed by atoms with E-state index in [1.165, 1.54) is 0 Å². The van der Waals surface area contributed by atoms with Crippen molar-refractivity contribution in [3.8, 4) is 17.4 Å². The van der Waals surface area contributed by atoms with Crippen LogP contribution in [0.15, 0.2) is 24.3 Å². The number of nitrogens with zero attached hydrogens (tertiary/aromatic N) is 1. The Labute approximate surface area is 113 Å². The van der Waals surface area contributed by atoms with Gasteiger partial charge < -0.3 is 15.3 Å². The fraction of sp³-hybridized carbons (Fsp3) is 0. The van der Waals surface area contributed by atoms with Crippen LogP contribution in [0.2, 0.25) is 0 Å². The molecule has 0 fully saturated rings. The first kappa shape index (κ1) is 11.5. The molecule has 0 saturated carbocycles. The fourth-order valence-electron chi connectivity index (χ4n) is 1.17. The maximum absolute atomic E-state index is 9.39. The third-order valence-corrected chi connectivity index (χ3v) is 1.82. The normalized spacial score (nSPS) is 9.71. The Bertz CT molecular complexity index is 473. The summed E-state index contributed by atoms with van der Waals surface area (Å²) in [6.45, 7) is 0. The zero-order valence-corrected chi connectivity index (χ0v) is 10.3. The molecule has 4 nitrogen and oxygen atoms in total. The topological polar surface area (TPSA) is 73.6 Å². The van der Waals surface area contributed by atoms with Gasteiger partial charge in [-0.15, -0.1) is 0 Å². The summed E-state index contributed by atoms with van der Waals surface area (Å²) in [5.74, 6) is -1.49. The molecule has 5 heteroatoms. The zero-order valence-electron chi connectivity index (χ0n) is 7.10. The van der Waals surface area contributed by atoms with Gasteiger partial charge in [-0.3, -0.25) is 0 Å². The minimum atomic E-state index is -0.585.